The van der Waals surface area contributed by atoms with Gasteiger partial charge in [-0.15, -0.1) is 0 Å². The lowest BCUT2D eigenvalue weighted by molar-refractivity contribution is 0.153. The third-order valence-corrected chi connectivity index (χ3v) is 6.16. The van der Waals surface area contributed by atoms with Crippen LogP contribution in [0.2, 0.25) is 0 Å². The van der Waals surface area contributed by atoms with Crippen LogP contribution in [0.15, 0.2) is 53.6 Å². The minimum Gasteiger partial charge on any atom is -0.368 e. The summed E-state index contributed by atoms with van der Waals surface area (Å²) in [5, 5.41) is 0.589. The zero-order valence-electron chi connectivity index (χ0n) is 15.6. The first-order valence-electron chi connectivity index (χ1n) is 9.40. The molecule has 4 rings (SSSR count). The Morgan fingerprint density at radius 2 is 1.79 bits per heavy atom. The van der Waals surface area contributed by atoms with Crippen LogP contribution in [0, 0.1) is 5.82 Å². The zero-order valence-corrected chi connectivity index (χ0v) is 16.4. The van der Waals surface area contributed by atoms with E-state index in [1.54, 1.807) is 16.1 Å². The molecule has 28 heavy (non-hydrogen) atoms. The molecule has 0 amide bonds. The molecule has 148 valence electrons. The number of aromatic nitrogens is 1. The molecule has 0 spiro atoms. The van der Waals surface area contributed by atoms with Gasteiger partial charge in [-0.2, -0.15) is 0 Å². The largest absolute Gasteiger partial charge is 0.368 e. The fraction of sp³-hybridized carbons (Fsp3) is 0.333. The summed E-state index contributed by atoms with van der Waals surface area (Å²) in [6.07, 6.45) is -1.09. The molecule has 1 aliphatic rings. The van der Waals surface area contributed by atoms with Gasteiger partial charge in [-0.05, 0) is 48.8 Å². The van der Waals surface area contributed by atoms with E-state index < -0.39 is 6.43 Å². The van der Waals surface area contributed by atoms with Crippen molar-refractivity contribution in [3.05, 3.63) is 60.0 Å². The molecule has 3 aromatic rings. The van der Waals surface area contributed by atoms with Gasteiger partial charge < -0.3 is 9.80 Å². The maximum absolute atomic E-state index is 13.9. The number of halogens is 3. The molecular weight excluding hydrogens is 383 g/mol. The monoisotopic (exact) mass is 405 g/mol. The summed E-state index contributed by atoms with van der Waals surface area (Å²) in [4.78, 5) is 5.22. The number of alkyl halides is 2. The SMILES string of the molecule is CCN1CCN(c2cccc3c2c(C(F)F)cn3Sc2cccc(F)c2)CC1. The van der Waals surface area contributed by atoms with Gasteiger partial charge in [-0.1, -0.05) is 19.1 Å². The minimum atomic E-state index is -2.57. The first-order chi connectivity index (χ1) is 13.6. The van der Waals surface area contributed by atoms with E-state index in [-0.39, 0.29) is 11.4 Å². The summed E-state index contributed by atoms with van der Waals surface area (Å²) in [7, 11) is 0. The van der Waals surface area contributed by atoms with Crippen molar-refractivity contribution in [2.75, 3.05) is 37.6 Å². The summed E-state index contributed by atoms with van der Waals surface area (Å²) in [5.74, 6) is -0.343. The van der Waals surface area contributed by atoms with E-state index in [4.69, 9.17) is 0 Å². The van der Waals surface area contributed by atoms with Gasteiger partial charge in [-0.3, -0.25) is 3.97 Å². The van der Waals surface area contributed by atoms with Crippen molar-refractivity contribution in [2.24, 2.45) is 0 Å². The first-order valence-corrected chi connectivity index (χ1v) is 10.2. The molecule has 0 bridgehead atoms. The van der Waals surface area contributed by atoms with Crippen molar-refractivity contribution in [2.45, 2.75) is 18.2 Å². The standard InChI is InChI=1S/C21H22F3N3S/c1-2-25-9-11-26(12-10-25)18-7-4-8-19-20(18)17(21(23)24)14-27(19)28-16-6-3-5-15(22)13-16/h3-8,13-14,21H,2,9-12H2,1H3. The van der Waals surface area contributed by atoms with Crippen LogP contribution < -0.4 is 4.90 Å². The number of fused-ring (bicyclic) bond motifs is 1. The maximum atomic E-state index is 13.9. The van der Waals surface area contributed by atoms with Crippen LogP contribution in [0.4, 0.5) is 18.9 Å². The normalized spacial score (nSPS) is 15.7. The topological polar surface area (TPSA) is 11.4 Å². The lowest BCUT2D eigenvalue weighted by Crippen LogP contribution is -2.46. The van der Waals surface area contributed by atoms with Gasteiger partial charge in [0.2, 0.25) is 0 Å². The van der Waals surface area contributed by atoms with Crippen LogP contribution in [-0.2, 0) is 0 Å². The fourth-order valence-corrected chi connectivity index (χ4v) is 4.66. The van der Waals surface area contributed by atoms with Gasteiger partial charge in [0.15, 0.2) is 0 Å². The highest BCUT2D eigenvalue weighted by molar-refractivity contribution is 7.98. The second-order valence-corrected chi connectivity index (χ2v) is 7.90. The van der Waals surface area contributed by atoms with E-state index in [1.165, 1.54) is 30.3 Å². The van der Waals surface area contributed by atoms with Gasteiger partial charge in [-0.25, -0.2) is 13.2 Å². The fourth-order valence-electron chi connectivity index (χ4n) is 3.71. The van der Waals surface area contributed by atoms with Gasteiger partial charge in [0.25, 0.3) is 6.43 Å². The minimum absolute atomic E-state index is 0.0208. The van der Waals surface area contributed by atoms with Crippen molar-refractivity contribution in [1.82, 2.24) is 8.87 Å². The summed E-state index contributed by atoms with van der Waals surface area (Å²) in [6, 6.07) is 11.8. The highest BCUT2D eigenvalue weighted by Gasteiger charge is 2.24. The van der Waals surface area contributed by atoms with E-state index in [2.05, 4.69) is 16.7 Å². The van der Waals surface area contributed by atoms with Crippen molar-refractivity contribution in [3.63, 3.8) is 0 Å². The summed E-state index contributed by atoms with van der Waals surface area (Å²) < 4.78 is 43.0. The Morgan fingerprint density at radius 1 is 1.04 bits per heavy atom. The predicted octanol–water partition coefficient (Wildman–Crippen LogP) is 5.42. The number of likely N-dealkylation sites (N-methyl/N-ethyl adjacent to an activating group) is 1. The maximum Gasteiger partial charge on any atom is 0.266 e. The third kappa shape index (κ3) is 3.73. The van der Waals surface area contributed by atoms with Crippen LogP contribution in [-0.4, -0.2) is 41.6 Å². The van der Waals surface area contributed by atoms with E-state index in [9.17, 15) is 13.2 Å². The molecule has 2 aromatic carbocycles. The Labute approximate surface area is 166 Å². The zero-order chi connectivity index (χ0) is 19.7. The smallest absolute Gasteiger partial charge is 0.266 e. The Hall–Kier alpha value is -2.12. The van der Waals surface area contributed by atoms with Gasteiger partial charge in [0.05, 0.1) is 5.52 Å². The molecule has 0 saturated carbocycles. The van der Waals surface area contributed by atoms with Crippen LogP contribution in [0.25, 0.3) is 10.9 Å². The number of benzene rings is 2. The Kier molecular flexibility index (Phi) is 5.55. The second-order valence-electron chi connectivity index (χ2n) is 6.85. The molecule has 0 aliphatic carbocycles. The van der Waals surface area contributed by atoms with E-state index in [0.717, 1.165) is 43.9 Å². The van der Waals surface area contributed by atoms with E-state index in [1.807, 2.05) is 18.2 Å². The first kappa shape index (κ1) is 19.2. The molecule has 1 fully saturated rings. The summed E-state index contributed by atoms with van der Waals surface area (Å²) in [6.45, 7) is 6.62. The molecule has 2 heterocycles. The molecule has 0 atom stereocenters. The van der Waals surface area contributed by atoms with E-state index >= 15 is 0 Å². The molecular formula is C21H22F3N3S. The van der Waals surface area contributed by atoms with Crippen molar-refractivity contribution < 1.29 is 13.2 Å². The third-order valence-electron chi connectivity index (χ3n) is 5.20. The summed E-state index contributed by atoms with van der Waals surface area (Å²) >= 11 is 1.25. The predicted molar refractivity (Wildman–Crippen MR) is 109 cm³/mol. The number of nitrogens with zero attached hydrogens (tertiary/aromatic N) is 3. The molecule has 0 radical (unpaired) electrons. The lowest BCUT2D eigenvalue weighted by Gasteiger charge is -2.36. The number of hydrogen-bond acceptors (Lipinski definition) is 3. The quantitative estimate of drug-likeness (QED) is 0.562. The average molecular weight is 405 g/mol. The van der Waals surface area contributed by atoms with Crippen molar-refractivity contribution in [3.8, 4) is 0 Å². The van der Waals surface area contributed by atoms with Crippen molar-refractivity contribution in [1.29, 1.82) is 0 Å². The second kappa shape index (κ2) is 8.09. The van der Waals surface area contributed by atoms with Gasteiger partial charge >= 0.3 is 0 Å². The van der Waals surface area contributed by atoms with E-state index in [0.29, 0.717) is 10.3 Å². The molecule has 7 heteroatoms. The average Bonchev–Trinajstić information content (AvgIpc) is 3.07. The van der Waals surface area contributed by atoms with Gasteiger partial charge in [0, 0.05) is 53.9 Å². The molecule has 3 nitrogen and oxygen atoms in total. The highest BCUT2D eigenvalue weighted by atomic mass is 32.2. The Bertz CT molecular complexity index is 965. The van der Waals surface area contributed by atoms with Crippen LogP contribution in [0.3, 0.4) is 0 Å². The number of anilines is 1. The molecule has 1 saturated heterocycles. The summed E-state index contributed by atoms with van der Waals surface area (Å²) in [5.41, 5.74) is 1.59. The van der Waals surface area contributed by atoms with Crippen LogP contribution in [0.1, 0.15) is 18.9 Å². The number of piperazine rings is 1. The number of rotatable bonds is 5. The number of hydrogen-bond donors (Lipinski definition) is 0. The molecule has 0 N–H and O–H groups in total. The van der Waals surface area contributed by atoms with Crippen LogP contribution >= 0.6 is 11.9 Å². The molecule has 1 aliphatic heterocycles. The molecule has 1 aromatic heterocycles. The lowest BCUT2D eigenvalue weighted by atomic mass is 10.1. The Morgan fingerprint density at radius 3 is 2.46 bits per heavy atom. The Balaban J connectivity index is 1.75. The molecule has 0 unspecified atom stereocenters. The van der Waals surface area contributed by atoms with Crippen LogP contribution in [0.5, 0.6) is 0 Å². The van der Waals surface area contributed by atoms with Gasteiger partial charge in [0.1, 0.15) is 5.82 Å². The highest BCUT2D eigenvalue weighted by Crippen LogP contribution is 2.39. The van der Waals surface area contributed by atoms with Crippen molar-refractivity contribution >= 4 is 28.5 Å².